The lowest BCUT2D eigenvalue weighted by Crippen LogP contribution is -2.14. The van der Waals surface area contributed by atoms with Gasteiger partial charge in [0.2, 0.25) is 5.75 Å². The van der Waals surface area contributed by atoms with Crippen LogP contribution in [0.15, 0.2) is 24.3 Å². The summed E-state index contributed by atoms with van der Waals surface area (Å²) in [5, 5.41) is 13.2. The normalized spacial score (nSPS) is 14.2. The molecule has 2 aromatic rings. The third-order valence-corrected chi connectivity index (χ3v) is 4.02. The number of methoxy groups -OCH3 is 3. The van der Waals surface area contributed by atoms with E-state index in [2.05, 4.69) is 5.32 Å². The fourth-order valence-corrected chi connectivity index (χ4v) is 2.90. The maximum absolute atomic E-state index is 12.3. The van der Waals surface area contributed by atoms with E-state index in [-0.39, 0.29) is 34.4 Å². The van der Waals surface area contributed by atoms with Gasteiger partial charge in [-0.05, 0) is 17.6 Å². The third-order valence-electron chi connectivity index (χ3n) is 4.02. The van der Waals surface area contributed by atoms with E-state index in [4.69, 9.17) is 22.1 Å². The molecule has 0 saturated carbocycles. The first-order valence-corrected chi connectivity index (χ1v) is 7.46. The van der Waals surface area contributed by atoms with Crippen LogP contribution in [0.5, 0.6) is 23.0 Å². The van der Waals surface area contributed by atoms with E-state index < -0.39 is 0 Å². The zero-order valence-corrected chi connectivity index (χ0v) is 14.0. The van der Waals surface area contributed by atoms with Crippen LogP contribution in [0.3, 0.4) is 0 Å². The van der Waals surface area contributed by atoms with Crippen LogP contribution < -0.4 is 25.0 Å². The van der Waals surface area contributed by atoms with Gasteiger partial charge in [0.25, 0.3) is 5.91 Å². The van der Waals surface area contributed by atoms with Gasteiger partial charge < -0.3 is 24.6 Å². The molecule has 7 heteroatoms. The number of rotatable bonds is 4. The number of aromatic hydroxyl groups is 1. The number of anilines is 1. The average molecular weight is 337 g/mol. The molecule has 1 amide bonds. The molecular weight excluding hydrogens is 321 g/mol. The second-order valence-corrected chi connectivity index (χ2v) is 5.33. The highest BCUT2D eigenvalue weighted by Crippen LogP contribution is 2.45. The van der Waals surface area contributed by atoms with Crippen molar-refractivity contribution in [1.29, 1.82) is 0 Å². The van der Waals surface area contributed by atoms with Crippen molar-refractivity contribution in [2.45, 2.75) is 0 Å². The highest BCUT2D eigenvalue weighted by molar-refractivity contribution is 6.38. The van der Waals surface area contributed by atoms with E-state index >= 15 is 0 Å². The second kappa shape index (κ2) is 6.43. The molecule has 0 spiro atoms. The summed E-state index contributed by atoms with van der Waals surface area (Å²) < 4.78 is 15.8. The minimum Gasteiger partial charge on any atom is -0.502 e. The Bertz CT molecular complexity index is 860. The first-order chi connectivity index (χ1) is 12.0. The van der Waals surface area contributed by atoms with E-state index in [9.17, 15) is 9.90 Å². The fourth-order valence-electron chi connectivity index (χ4n) is 2.90. The minimum atomic E-state index is -0.265. The van der Waals surface area contributed by atoms with Gasteiger partial charge in [-0.1, -0.05) is 18.2 Å². The molecule has 126 valence electrons. The first kappa shape index (κ1) is 16.8. The molecule has 6 nitrogen and oxygen atoms in total. The summed E-state index contributed by atoms with van der Waals surface area (Å²) in [4.78, 5) is 12.3. The number of phenolic OH excluding ortho intramolecular Hbond substituents is 1. The lowest BCUT2D eigenvalue weighted by Gasteiger charge is -2.19. The molecule has 2 aromatic carbocycles. The van der Waals surface area contributed by atoms with E-state index in [0.29, 0.717) is 16.8 Å². The van der Waals surface area contributed by atoms with Gasteiger partial charge in [0.05, 0.1) is 26.9 Å². The van der Waals surface area contributed by atoms with Crippen LogP contribution in [0.25, 0.3) is 11.6 Å². The number of benzene rings is 2. The second-order valence-electron chi connectivity index (χ2n) is 5.33. The van der Waals surface area contributed by atoms with Crippen molar-refractivity contribution >= 4 is 36.6 Å². The van der Waals surface area contributed by atoms with Crippen LogP contribution in [0.2, 0.25) is 0 Å². The molecule has 0 atom stereocenters. The maximum atomic E-state index is 12.3. The Labute approximate surface area is 146 Å². The van der Waals surface area contributed by atoms with Gasteiger partial charge >= 0.3 is 0 Å². The summed E-state index contributed by atoms with van der Waals surface area (Å²) in [6.45, 7) is 0. The Morgan fingerprint density at radius 3 is 2.32 bits per heavy atom. The number of para-hydroxylation sites is 1. The smallest absolute Gasteiger partial charge is 0.256 e. The highest BCUT2D eigenvalue weighted by atomic mass is 16.5. The lowest BCUT2D eigenvalue weighted by molar-refractivity contribution is -0.110. The average Bonchev–Trinajstić information content (AvgIpc) is 2.91. The number of nitrogens with one attached hydrogen (secondary N) is 1. The molecule has 2 N–H and O–H groups in total. The van der Waals surface area contributed by atoms with Gasteiger partial charge in [-0.2, -0.15) is 0 Å². The fraction of sp³-hybridized carbons (Fsp3) is 0.167. The van der Waals surface area contributed by atoms with E-state index in [1.54, 1.807) is 6.08 Å². The van der Waals surface area contributed by atoms with Crippen LogP contribution in [0.1, 0.15) is 11.1 Å². The molecule has 2 radical (unpaired) electrons. The van der Waals surface area contributed by atoms with Gasteiger partial charge in [0, 0.05) is 16.8 Å². The van der Waals surface area contributed by atoms with Crippen molar-refractivity contribution in [3.8, 4) is 23.0 Å². The van der Waals surface area contributed by atoms with Crippen molar-refractivity contribution in [2.24, 2.45) is 0 Å². The number of phenols is 1. The van der Waals surface area contributed by atoms with Crippen LogP contribution in [-0.2, 0) is 4.79 Å². The summed E-state index contributed by atoms with van der Waals surface area (Å²) >= 11 is 0. The molecule has 3 rings (SSSR count). The van der Waals surface area contributed by atoms with Gasteiger partial charge in [-0.3, -0.25) is 4.79 Å². The summed E-state index contributed by atoms with van der Waals surface area (Å²) in [6.07, 6.45) is 1.58. The van der Waals surface area contributed by atoms with Crippen LogP contribution in [0.4, 0.5) is 5.69 Å². The Kier molecular flexibility index (Phi) is 4.31. The lowest BCUT2D eigenvalue weighted by atomic mass is 9.89. The molecule has 0 unspecified atom stereocenters. The van der Waals surface area contributed by atoms with Crippen LogP contribution >= 0.6 is 0 Å². The molecule has 0 bridgehead atoms. The summed E-state index contributed by atoms with van der Waals surface area (Å²) in [5.74, 6) is -0.128. The number of carbonyl (C=O) groups excluding carboxylic acids is 1. The number of hydrogen-bond donors (Lipinski definition) is 2. The molecule has 1 aliphatic rings. The molecule has 0 saturated heterocycles. The largest absolute Gasteiger partial charge is 0.502 e. The Morgan fingerprint density at radius 1 is 1.04 bits per heavy atom. The molecule has 0 aliphatic carbocycles. The number of carbonyl (C=O) groups is 1. The van der Waals surface area contributed by atoms with Gasteiger partial charge in [0.1, 0.15) is 13.6 Å². The Morgan fingerprint density at radius 2 is 1.68 bits per heavy atom. The summed E-state index contributed by atoms with van der Waals surface area (Å²) in [6, 6.07) is 7.30. The topological polar surface area (TPSA) is 77.0 Å². The molecule has 25 heavy (non-hydrogen) atoms. The third kappa shape index (κ3) is 2.57. The standard InChI is InChI=1S/C18H16BNO5/c1-23-15-11(16(24-2)14(21)17(25-3)13(15)19)8-10-9-6-4-5-7-12(9)20-18(10)22/h4-8,21H,1-3H3,(H,20,22)/b10-8+. The van der Waals surface area contributed by atoms with E-state index in [0.717, 1.165) is 5.56 Å². The summed E-state index contributed by atoms with van der Waals surface area (Å²) in [7, 11) is 10.3. The van der Waals surface area contributed by atoms with Crippen molar-refractivity contribution in [3.63, 3.8) is 0 Å². The van der Waals surface area contributed by atoms with Gasteiger partial charge in [-0.15, -0.1) is 0 Å². The predicted octanol–water partition coefficient (Wildman–Crippen LogP) is 1.70. The maximum Gasteiger partial charge on any atom is 0.256 e. The molecule has 0 aromatic heterocycles. The monoisotopic (exact) mass is 337 g/mol. The van der Waals surface area contributed by atoms with Crippen LogP contribution in [-0.4, -0.2) is 40.2 Å². The first-order valence-electron chi connectivity index (χ1n) is 7.46. The van der Waals surface area contributed by atoms with Crippen molar-refractivity contribution in [3.05, 3.63) is 35.4 Å². The van der Waals surface area contributed by atoms with Crippen molar-refractivity contribution < 1.29 is 24.1 Å². The minimum absolute atomic E-state index is 0.0483. The predicted molar refractivity (Wildman–Crippen MR) is 96.1 cm³/mol. The number of fused-ring (bicyclic) bond motifs is 1. The number of amides is 1. The Balaban J connectivity index is 2.29. The van der Waals surface area contributed by atoms with E-state index in [1.807, 2.05) is 24.3 Å². The zero-order valence-electron chi connectivity index (χ0n) is 14.0. The number of ether oxygens (including phenoxy) is 3. The zero-order chi connectivity index (χ0) is 18.1. The Hall–Kier alpha value is -3.09. The van der Waals surface area contributed by atoms with E-state index in [1.165, 1.54) is 21.3 Å². The highest BCUT2D eigenvalue weighted by Gasteiger charge is 2.27. The van der Waals surface area contributed by atoms with Crippen molar-refractivity contribution in [2.75, 3.05) is 26.6 Å². The summed E-state index contributed by atoms with van der Waals surface area (Å²) in [5.41, 5.74) is 2.33. The van der Waals surface area contributed by atoms with Crippen molar-refractivity contribution in [1.82, 2.24) is 0 Å². The molecular formula is C18H16BNO5. The SMILES string of the molecule is [B]c1c(OC)c(O)c(OC)c(/C=C2/C(=O)Nc3ccccc32)c1OC. The quantitative estimate of drug-likeness (QED) is 0.656. The van der Waals surface area contributed by atoms with Crippen LogP contribution in [0, 0.1) is 0 Å². The van der Waals surface area contributed by atoms with Gasteiger partial charge in [0.15, 0.2) is 11.5 Å². The molecule has 0 fully saturated rings. The van der Waals surface area contributed by atoms with Gasteiger partial charge in [-0.25, -0.2) is 0 Å². The molecule has 1 aliphatic heterocycles. The molecule has 1 heterocycles. The number of hydrogen-bond acceptors (Lipinski definition) is 5.